The zero-order valence-electron chi connectivity index (χ0n) is 15.1. The number of amides is 1. The SMILES string of the molecule is Cc1cccc(OCCN(C)C(=O)c2c3n(c(=O)n2C)CCCC3)c1. The van der Waals surface area contributed by atoms with Crippen LogP contribution in [0.3, 0.4) is 0 Å². The van der Waals surface area contributed by atoms with E-state index in [-0.39, 0.29) is 11.6 Å². The van der Waals surface area contributed by atoms with Gasteiger partial charge in [0.05, 0.1) is 12.2 Å². The van der Waals surface area contributed by atoms with Gasteiger partial charge in [-0.2, -0.15) is 0 Å². The lowest BCUT2D eigenvalue weighted by Gasteiger charge is -2.20. The summed E-state index contributed by atoms with van der Waals surface area (Å²) in [6, 6.07) is 7.83. The van der Waals surface area contributed by atoms with Crippen LogP contribution in [0.5, 0.6) is 5.75 Å². The fraction of sp³-hybridized carbons (Fsp3) is 0.474. The van der Waals surface area contributed by atoms with Crippen LogP contribution in [0.4, 0.5) is 0 Å². The predicted octanol–water partition coefficient (Wildman–Crippen LogP) is 1.98. The lowest BCUT2D eigenvalue weighted by molar-refractivity contribution is 0.0762. The van der Waals surface area contributed by atoms with Gasteiger partial charge in [0.15, 0.2) is 0 Å². The molecule has 1 aromatic carbocycles. The summed E-state index contributed by atoms with van der Waals surface area (Å²) in [5, 5.41) is 0. The van der Waals surface area contributed by atoms with Crippen molar-refractivity contribution < 1.29 is 9.53 Å². The zero-order valence-corrected chi connectivity index (χ0v) is 15.1. The molecule has 1 amide bonds. The maximum atomic E-state index is 12.8. The molecule has 0 aliphatic carbocycles. The highest BCUT2D eigenvalue weighted by Gasteiger charge is 2.26. The summed E-state index contributed by atoms with van der Waals surface area (Å²) in [5.74, 6) is 0.678. The van der Waals surface area contributed by atoms with Gasteiger partial charge in [-0.05, 0) is 43.9 Å². The van der Waals surface area contributed by atoms with Crippen LogP contribution in [0.2, 0.25) is 0 Å². The summed E-state index contributed by atoms with van der Waals surface area (Å²) in [6.07, 6.45) is 2.79. The van der Waals surface area contributed by atoms with Crippen molar-refractivity contribution in [1.29, 1.82) is 0 Å². The second-order valence-electron chi connectivity index (χ2n) is 6.64. The van der Waals surface area contributed by atoms with E-state index in [0.29, 0.717) is 25.4 Å². The van der Waals surface area contributed by atoms with E-state index in [1.807, 2.05) is 31.2 Å². The fourth-order valence-corrected chi connectivity index (χ4v) is 3.31. The number of fused-ring (bicyclic) bond motifs is 1. The molecule has 6 heteroatoms. The number of likely N-dealkylation sites (N-methyl/N-ethyl adjacent to an activating group) is 1. The molecular weight excluding hydrogens is 318 g/mol. The molecule has 134 valence electrons. The van der Waals surface area contributed by atoms with Gasteiger partial charge in [-0.3, -0.25) is 13.9 Å². The summed E-state index contributed by atoms with van der Waals surface area (Å²) in [5.41, 5.74) is 2.43. The number of benzene rings is 1. The Hall–Kier alpha value is -2.50. The van der Waals surface area contributed by atoms with Gasteiger partial charge in [0, 0.05) is 20.6 Å². The van der Waals surface area contributed by atoms with Crippen LogP contribution in [0, 0.1) is 6.92 Å². The largest absolute Gasteiger partial charge is 0.492 e. The van der Waals surface area contributed by atoms with Crippen LogP contribution >= 0.6 is 0 Å². The molecule has 2 heterocycles. The third-order valence-electron chi connectivity index (χ3n) is 4.73. The van der Waals surface area contributed by atoms with E-state index in [0.717, 1.165) is 36.3 Å². The maximum absolute atomic E-state index is 12.8. The van der Waals surface area contributed by atoms with Crippen LogP contribution in [0.15, 0.2) is 29.1 Å². The number of hydrogen-bond acceptors (Lipinski definition) is 3. The summed E-state index contributed by atoms with van der Waals surface area (Å²) in [7, 11) is 3.43. The Labute approximate surface area is 147 Å². The first kappa shape index (κ1) is 17.3. The molecule has 0 atom stereocenters. The number of aromatic nitrogens is 2. The number of ether oxygens (including phenoxy) is 1. The smallest absolute Gasteiger partial charge is 0.328 e. The van der Waals surface area contributed by atoms with Gasteiger partial charge in [-0.25, -0.2) is 4.79 Å². The molecule has 0 N–H and O–H groups in total. The van der Waals surface area contributed by atoms with Gasteiger partial charge in [0.25, 0.3) is 5.91 Å². The molecule has 6 nitrogen and oxygen atoms in total. The normalized spacial score (nSPS) is 13.4. The number of carbonyl (C=O) groups excluding carboxylic acids is 1. The number of rotatable bonds is 5. The van der Waals surface area contributed by atoms with Crippen molar-refractivity contribution >= 4 is 5.91 Å². The van der Waals surface area contributed by atoms with Crippen LogP contribution in [0.25, 0.3) is 0 Å². The van der Waals surface area contributed by atoms with E-state index in [1.54, 1.807) is 23.6 Å². The number of hydrogen-bond donors (Lipinski definition) is 0. The Kier molecular flexibility index (Phi) is 4.97. The Balaban J connectivity index is 1.68. The van der Waals surface area contributed by atoms with Crippen LogP contribution < -0.4 is 10.4 Å². The summed E-state index contributed by atoms with van der Waals surface area (Å²) < 4.78 is 8.95. The fourth-order valence-electron chi connectivity index (χ4n) is 3.31. The van der Waals surface area contributed by atoms with Gasteiger partial charge < -0.3 is 9.64 Å². The maximum Gasteiger partial charge on any atom is 0.328 e. The third-order valence-corrected chi connectivity index (χ3v) is 4.73. The van der Waals surface area contributed by atoms with E-state index in [4.69, 9.17) is 4.74 Å². The Morgan fingerprint density at radius 3 is 2.88 bits per heavy atom. The molecule has 0 unspecified atom stereocenters. The first-order valence-electron chi connectivity index (χ1n) is 8.72. The lowest BCUT2D eigenvalue weighted by atomic mass is 10.1. The second-order valence-corrected chi connectivity index (χ2v) is 6.64. The molecule has 0 saturated carbocycles. The number of carbonyl (C=O) groups is 1. The molecule has 2 aromatic rings. The van der Waals surface area contributed by atoms with Crippen LogP contribution in [0.1, 0.15) is 34.6 Å². The molecule has 1 aromatic heterocycles. The number of imidazole rings is 1. The quantitative estimate of drug-likeness (QED) is 0.834. The predicted molar refractivity (Wildman–Crippen MR) is 96.2 cm³/mol. The Morgan fingerprint density at radius 1 is 1.32 bits per heavy atom. The average molecular weight is 343 g/mol. The minimum Gasteiger partial charge on any atom is -0.492 e. The van der Waals surface area contributed by atoms with Gasteiger partial charge in [-0.15, -0.1) is 0 Å². The van der Waals surface area contributed by atoms with E-state index in [1.165, 1.54) is 4.57 Å². The van der Waals surface area contributed by atoms with Crippen molar-refractivity contribution in [2.45, 2.75) is 32.7 Å². The zero-order chi connectivity index (χ0) is 18.0. The van der Waals surface area contributed by atoms with Gasteiger partial charge >= 0.3 is 5.69 Å². The van der Waals surface area contributed by atoms with Crippen LogP contribution in [-0.2, 0) is 20.0 Å². The Bertz CT molecular complexity index is 835. The van der Waals surface area contributed by atoms with E-state index in [2.05, 4.69) is 0 Å². The molecule has 0 fully saturated rings. The molecule has 3 rings (SSSR count). The first-order valence-corrected chi connectivity index (χ1v) is 8.72. The molecule has 1 aliphatic heterocycles. The highest BCUT2D eigenvalue weighted by molar-refractivity contribution is 5.93. The topological polar surface area (TPSA) is 56.5 Å². The highest BCUT2D eigenvalue weighted by atomic mass is 16.5. The van der Waals surface area contributed by atoms with Gasteiger partial charge in [-0.1, -0.05) is 12.1 Å². The summed E-state index contributed by atoms with van der Waals surface area (Å²) in [6.45, 7) is 3.59. The molecule has 25 heavy (non-hydrogen) atoms. The molecule has 0 bridgehead atoms. The van der Waals surface area contributed by atoms with Crippen LogP contribution in [-0.4, -0.2) is 40.1 Å². The minimum absolute atomic E-state index is 0.0949. The van der Waals surface area contributed by atoms with Crippen molar-refractivity contribution in [2.24, 2.45) is 7.05 Å². The molecule has 0 saturated heterocycles. The average Bonchev–Trinajstić information content (AvgIpc) is 2.86. The van der Waals surface area contributed by atoms with Crippen molar-refractivity contribution in [3.05, 3.63) is 51.7 Å². The Morgan fingerprint density at radius 2 is 2.12 bits per heavy atom. The van der Waals surface area contributed by atoms with E-state index < -0.39 is 0 Å². The van der Waals surface area contributed by atoms with Gasteiger partial charge in [0.1, 0.15) is 18.1 Å². The molecular formula is C19H25N3O3. The molecule has 0 radical (unpaired) electrons. The van der Waals surface area contributed by atoms with Crippen molar-refractivity contribution in [3.63, 3.8) is 0 Å². The summed E-state index contributed by atoms with van der Waals surface area (Å²) >= 11 is 0. The van der Waals surface area contributed by atoms with Gasteiger partial charge in [0.2, 0.25) is 0 Å². The summed E-state index contributed by atoms with van der Waals surface area (Å²) in [4.78, 5) is 26.8. The van der Waals surface area contributed by atoms with Crippen molar-refractivity contribution in [3.8, 4) is 5.75 Å². The third kappa shape index (κ3) is 3.48. The first-order chi connectivity index (χ1) is 12.0. The molecule has 0 spiro atoms. The van der Waals surface area contributed by atoms with Crippen molar-refractivity contribution in [2.75, 3.05) is 20.2 Å². The molecule has 1 aliphatic rings. The second kappa shape index (κ2) is 7.17. The number of aryl methyl sites for hydroxylation is 1. The highest BCUT2D eigenvalue weighted by Crippen LogP contribution is 2.18. The monoisotopic (exact) mass is 343 g/mol. The lowest BCUT2D eigenvalue weighted by Crippen LogP contribution is -2.33. The van der Waals surface area contributed by atoms with Crippen molar-refractivity contribution in [1.82, 2.24) is 14.0 Å². The van der Waals surface area contributed by atoms with E-state index in [9.17, 15) is 9.59 Å². The standard InChI is InChI=1S/C19H25N3O3/c1-14-7-6-8-15(13-14)25-12-11-20(2)18(23)17-16-9-4-5-10-22(16)19(24)21(17)3/h6-8,13H,4-5,9-12H2,1-3H3. The number of nitrogens with zero attached hydrogens (tertiary/aromatic N) is 3. The van der Waals surface area contributed by atoms with E-state index >= 15 is 0 Å². The minimum atomic E-state index is -0.122.